The maximum absolute atomic E-state index is 13.7. The van der Waals surface area contributed by atoms with Gasteiger partial charge in [-0.25, -0.2) is 8.42 Å². The number of rotatable bonds is 11. The van der Waals surface area contributed by atoms with Crippen LogP contribution in [0.4, 0.5) is 18.9 Å². The monoisotopic (exact) mass is 575 g/mol. The van der Waals surface area contributed by atoms with Crippen LogP contribution >= 0.6 is 11.6 Å². The number of halogens is 4. The normalized spacial score (nSPS) is 13.5. The van der Waals surface area contributed by atoms with E-state index >= 15 is 0 Å². The average Bonchev–Trinajstić information content (AvgIpc) is 2.82. The number of hydrogen-bond acceptors (Lipinski definition) is 4. The van der Waals surface area contributed by atoms with Gasteiger partial charge < -0.3 is 10.2 Å². The lowest BCUT2D eigenvalue weighted by Gasteiger charge is -2.33. The minimum atomic E-state index is -4.83. The smallest absolute Gasteiger partial charge is 0.352 e. The molecule has 0 saturated heterocycles. The standard InChI is InChI=1S/C26H33ClF3N3O4S/c1-6-18(4)31-25(35)23(7-2)32(15-19-11-9-8-10-17(19)3)24(34)16-33(38(5,36)37)20-12-13-22(27)21(14-20)26(28,29)30/h8-14,18,23H,6-7,15-16H2,1-5H3,(H,31,35)/t18-,23-/m0/s1. The van der Waals surface area contributed by atoms with E-state index in [1.165, 1.54) is 4.90 Å². The van der Waals surface area contributed by atoms with Crippen LogP contribution in [0.5, 0.6) is 0 Å². The molecule has 0 unspecified atom stereocenters. The third kappa shape index (κ3) is 8.10. The van der Waals surface area contributed by atoms with Crippen molar-refractivity contribution in [3.8, 4) is 0 Å². The largest absolute Gasteiger partial charge is 0.417 e. The Balaban J connectivity index is 2.54. The van der Waals surface area contributed by atoms with Crippen LogP contribution in [0.15, 0.2) is 42.5 Å². The Morgan fingerprint density at radius 1 is 1.08 bits per heavy atom. The highest BCUT2D eigenvalue weighted by Crippen LogP contribution is 2.37. The van der Waals surface area contributed by atoms with Gasteiger partial charge in [0.2, 0.25) is 21.8 Å². The maximum Gasteiger partial charge on any atom is 0.417 e. The zero-order chi connectivity index (χ0) is 28.8. The number of carbonyl (C=O) groups excluding carboxylic acids is 2. The minimum Gasteiger partial charge on any atom is -0.352 e. The van der Waals surface area contributed by atoms with E-state index in [1.54, 1.807) is 19.1 Å². The first kappa shape index (κ1) is 31.4. The highest BCUT2D eigenvalue weighted by Gasteiger charge is 2.36. The second kappa shape index (κ2) is 12.8. The number of anilines is 1. The molecule has 2 amide bonds. The highest BCUT2D eigenvalue weighted by atomic mass is 35.5. The van der Waals surface area contributed by atoms with Crippen molar-refractivity contribution in [3.63, 3.8) is 0 Å². The van der Waals surface area contributed by atoms with Gasteiger partial charge in [0.25, 0.3) is 0 Å². The van der Waals surface area contributed by atoms with Gasteiger partial charge in [-0.15, -0.1) is 0 Å². The quantitative estimate of drug-likeness (QED) is 0.401. The number of nitrogens with zero attached hydrogens (tertiary/aromatic N) is 2. The molecule has 0 aromatic heterocycles. The van der Waals surface area contributed by atoms with Gasteiger partial charge in [-0.2, -0.15) is 13.2 Å². The zero-order valence-corrected chi connectivity index (χ0v) is 23.5. The van der Waals surface area contributed by atoms with Crippen LogP contribution in [0.3, 0.4) is 0 Å². The van der Waals surface area contributed by atoms with Crippen LogP contribution in [0.1, 0.15) is 50.3 Å². The van der Waals surface area contributed by atoms with Gasteiger partial charge in [0.1, 0.15) is 12.6 Å². The third-order valence-electron chi connectivity index (χ3n) is 6.21. The molecule has 1 N–H and O–H groups in total. The maximum atomic E-state index is 13.7. The molecule has 0 radical (unpaired) electrons. The molecule has 0 bridgehead atoms. The van der Waals surface area contributed by atoms with Crippen LogP contribution < -0.4 is 9.62 Å². The third-order valence-corrected chi connectivity index (χ3v) is 7.68. The predicted molar refractivity (Wildman–Crippen MR) is 142 cm³/mol. The number of carbonyl (C=O) groups is 2. The van der Waals surface area contributed by atoms with Crippen molar-refractivity contribution in [2.45, 2.75) is 65.3 Å². The molecule has 38 heavy (non-hydrogen) atoms. The van der Waals surface area contributed by atoms with Crippen molar-refractivity contribution in [3.05, 3.63) is 64.2 Å². The number of aryl methyl sites for hydroxylation is 1. The first-order valence-electron chi connectivity index (χ1n) is 12.1. The minimum absolute atomic E-state index is 0.00393. The van der Waals surface area contributed by atoms with Gasteiger partial charge in [0, 0.05) is 12.6 Å². The topological polar surface area (TPSA) is 86.8 Å². The molecule has 0 aliphatic rings. The molecule has 0 saturated carbocycles. The Bertz CT molecular complexity index is 1250. The number of hydrogen-bond donors (Lipinski definition) is 1. The molecule has 0 aliphatic heterocycles. The number of sulfonamides is 1. The average molecular weight is 576 g/mol. The van der Waals surface area contributed by atoms with Crippen LogP contribution in [-0.2, 0) is 32.3 Å². The lowest BCUT2D eigenvalue weighted by molar-refractivity contribution is -0.140. The summed E-state index contributed by atoms with van der Waals surface area (Å²) >= 11 is 5.70. The van der Waals surface area contributed by atoms with Crippen LogP contribution in [0, 0.1) is 6.92 Å². The first-order chi connectivity index (χ1) is 17.6. The Kier molecular flexibility index (Phi) is 10.6. The van der Waals surface area contributed by atoms with Crippen molar-refractivity contribution in [2.75, 3.05) is 17.1 Å². The van der Waals surface area contributed by atoms with E-state index in [4.69, 9.17) is 11.6 Å². The summed E-state index contributed by atoms with van der Waals surface area (Å²) in [5, 5.41) is 2.26. The molecule has 0 fully saturated rings. The van der Waals surface area contributed by atoms with E-state index in [1.807, 2.05) is 32.9 Å². The van der Waals surface area contributed by atoms with E-state index in [9.17, 15) is 31.2 Å². The van der Waals surface area contributed by atoms with E-state index in [0.29, 0.717) is 16.8 Å². The fraction of sp³-hybridized carbons (Fsp3) is 0.462. The number of amides is 2. The van der Waals surface area contributed by atoms with Crippen molar-refractivity contribution >= 4 is 39.1 Å². The molecule has 2 aromatic rings. The summed E-state index contributed by atoms with van der Waals surface area (Å²) in [6.07, 6.45) is -3.15. The summed E-state index contributed by atoms with van der Waals surface area (Å²) in [6, 6.07) is 8.76. The van der Waals surface area contributed by atoms with E-state index in [2.05, 4.69) is 5.32 Å². The Morgan fingerprint density at radius 2 is 1.71 bits per heavy atom. The zero-order valence-electron chi connectivity index (χ0n) is 22.0. The van der Waals surface area contributed by atoms with Crippen LogP contribution in [0.25, 0.3) is 0 Å². The first-order valence-corrected chi connectivity index (χ1v) is 14.3. The molecule has 0 heterocycles. The van der Waals surface area contributed by atoms with Gasteiger partial charge in [0.15, 0.2) is 0 Å². The number of benzene rings is 2. The second-order valence-corrected chi connectivity index (χ2v) is 11.4. The molecular formula is C26H33ClF3N3O4S. The molecular weight excluding hydrogens is 543 g/mol. The van der Waals surface area contributed by atoms with Crippen molar-refractivity contribution in [1.82, 2.24) is 10.2 Å². The highest BCUT2D eigenvalue weighted by molar-refractivity contribution is 7.92. The van der Waals surface area contributed by atoms with E-state index in [-0.39, 0.29) is 24.7 Å². The van der Waals surface area contributed by atoms with Crippen molar-refractivity contribution < 1.29 is 31.2 Å². The van der Waals surface area contributed by atoms with Crippen molar-refractivity contribution in [1.29, 1.82) is 0 Å². The fourth-order valence-electron chi connectivity index (χ4n) is 3.83. The van der Waals surface area contributed by atoms with Crippen LogP contribution in [0.2, 0.25) is 5.02 Å². The Hall–Kier alpha value is -2.79. The summed E-state index contributed by atoms with van der Waals surface area (Å²) in [4.78, 5) is 28.1. The summed E-state index contributed by atoms with van der Waals surface area (Å²) < 4.78 is 66.3. The van der Waals surface area contributed by atoms with Crippen LogP contribution in [-0.4, -0.2) is 50.0 Å². The fourth-order valence-corrected chi connectivity index (χ4v) is 4.90. The molecule has 7 nitrogen and oxygen atoms in total. The Labute approximate surface area is 227 Å². The van der Waals surface area contributed by atoms with Gasteiger partial charge >= 0.3 is 6.18 Å². The van der Waals surface area contributed by atoms with Gasteiger partial charge in [-0.3, -0.25) is 13.9 Å². The van der Waals surface area contributed by atoms with Gasteiger partial charge in [-0.1, -0.05) is 49.7 Å². The summed E-state index contributed by atoms with van der Waals surface area (Å²) in [6.45, 7) is 6.48. The number of nitrogens with one attached hydrogen (secondary N) is 1. The predicted octanol–water partition coefficient (Wildman–Crippen LogP) is 5.16. The SMILES string of the molecule is CC[C@H](C)NC(=O)[C@H](CC)N(Cc1ccccc1C)C(=O)CN(c1ccc(Cl)c(C(F)(F)F)c1)S(C)(=O)=O. The molecule has 2 aromatic carbocycles. The lowest BCUT2D eigenvalue weighted by atomic mass is 10.1. The molecule has 2 rings (SSSR count). The summed E-state index contributed by atoms with van der Waals surface area (Å²) in [5.74, 6) is -1.14. The molecule has 2 atom stereocenters. The number of alkyl halides is 3. The lowest BCUT2D eigenvalue weighted by Crippen LogP contribution is -2.53. The van der Waals surface area contributed by atoms with Gasteiger partial charge in [0.05, 0.1) is 22.5 Å². The summed E-state index contributed by atoms with van der Waals surface area (Å²) in [7, 11) is -4.20. The summed E-state index contributed by atoms with van der Waals surface area (Å²) in [5.41, 5.74) is 0.00166. The van der Waals surface area contributed by atoms with E-state index in [0.717, 1.165) is 29.5 Å². The molecule has 0 spiro atoms. The molecule has 0 aliphatic carbocycles. The molecule has 210 valence electrons. The molecule has 12 heteroatoms. The Morgan fingerprint density at radius 3 is 2.24 bits per heavy atom. The van der Waals surface area contributed by atoms with Gasteiger partial charge in [-0.05, 0) is 56.0 Å². The van der Waals surface area contributed by atoms with E-state index < -0.39 is 51.2 Å². The van der Waals surface area contributed by atoms with Crippen molar-refractivity contribution in [2.24, 2.45) is 0 Å². The second-order valence-electron chi connectivity index (χ2n) is 9.12.